The van der Waals surface area contributed by atoms with E-state index >= 15 is 0 Å². The summed E-state index contributed by atoms with van der Waals surface area (Å²) in [6, 6.07) is 66.6. The van der Waals surface area contributed by atoms with Crippen LogP contribution in [0.4, 0.5) is 17.1 Å². The summed E-state index contributed by atoms with van der Waals surface area (Å²) >= 11 is 0. The minimum Gasteiger partial charge on any atom is -0.310 e. The zero-order chi connectivity index (χ0) is 44.8. The lowest BCUT2D eigenvalue weighted by Crippen LogP contribution is -2.27. The Kier molecular flexibility index (Phi) is 9.27. The minimum atomic E-state index is -0.406. The minimum absolute atomic E-state index is 0.0387. The van der Waals surface area contributed by atoms with Gasteiger partial charge >= 0.3 is 0 Å². The van der Waals surface area contributed by atoms with Crippen LogP contribution >= 0.6 is 0 Å². The largest absolute Gasteiger partial charge is 0.310 e. The molecule has 1 aliphatic rings. The van der Waals surface area contributed by atoms with Crippen molar-refractivity contribution in [3.63, 3.8) is 0 Å². The molecule has 0 saturated heterocycles. The number of rotatable bonds is 6. The van der Waals surface area contributed by atoms with Gasteiger partial charge < -0.3 is 9.47 Å². The highest BCUT2D eigenvalue weighted by Gasteiger charge is 2.37. The van der Waals surface area contributed by atoms with Crippen molar-refractivity contribution in [1.29, 1.82) is 0 Å². The molecule has 11 rings (SSSR count). The Balaban J connectivity index is 1.17. The smallest absolute Gasteiger partial charge is 0.160 e. The van der Waals surface area contributed by atoms with Crippen molar-refractivity contribution >= 4 is 49.6 Å². The Hall–Kier alpha value is -7.30. The summed E-state index contributed by atoms with van der Waals surface area (Å²) in [4.78, 5) is 13.0. The van der Waals surface area contributed by atoms with Gasteiger partial charge in [0, 0.05) is 49.9 Å². The molecular formula is C61H54N4. The van der Waals surface area contributed by atoms with E-state index < -0.39 is 5.41 Å². The number of fused-ring (bicyclic) bond motifs is 7. The topological polar surface area (TPSA) is 34.0 Å². The summed E-state index contributed by atoms with van der Waals surface area (Å²) in [5.74, 6) is 0.709. The van der Waals surface area contributed by atoms with Crippen LogP contribution in [0, 0.1) is 0 Å². The highest BCUT2D eigenvalue weighted by molar-refractivity contribution is 6.23. The lowest BCUT2D eigenvalue weighted by Gasteiger charge is -2.36. The Morgan fingerprint density at radius 2 is 1.02 bits per heavy atom. The summed E-state index contributed by atoms with van der Waals surface area (Å²) in [7, 11) is 0. The molecule has 0 amide bonds. The van der Waals surface area contributed by atoms with Gasteiger partial charge in [-0.2, -0.15) is 0 Å². The average Bonchev–Trinajstić information content (AvgIpc) is 3.66. The second-order valence-electron chi connectivity index (χ2n) is 20.4. The Morgan fingerprint density at radius 1 is 0.462 bits per heavy atom. The monoisotopic (exact) mass is 842 g/mol. The lowest BCUT2D eigenvalue weighted by molar-refractivity contribution is 0.590. The van der Waals surface area contributed by atoms with Gasteiger partial charge in [-0.1, -0.05) is 171 Å². The molecule has 0 N–H and O–H groups in total. The van der Waals surface area contributed by atoms with Crippen LogP contribution in [0.5, 0.6) is 0 Å². The SMILES string of the molecule is CC(C)(C)c1ccc(N(c2ccc(C(C)(C)C)cc2)c2cc3c4c(c2)c2c5ccccc5ccc2n4-c2ccc(-c4nc(-c5ccccc5)cc(-c5ccccc5)n4)cc2C3(C)C)cc1. The molecule has 65 heavy (non-hydrogen) atoms. The fraction of sp³-hybridized carbons (Fsp3) is 0.180. The zero-order valence-corrected chi connectivity index (χ0v) is 38.6. The third-order valence-electron chi connectivity index (χ3n) is 13.7. The van der Waals surface area contributed by atoms with E-state index in [1.807, 2.05) is 12.1 Å². The lowest BCUT2D eigenvalue weighted by atomic mass is 9.74. The Bertz CT molecular complexity index is 3320. The molecule has 0 aliphatic carbocycles. The van der Waals surface area contributed by atoms with Crippen LogP contribution < -0.4 is 4.90 Å². The molecule has 4 nitrogen and oxygen atoms in total. The van der Waals surface area contributed by atoms with E-state index in [1.54, 1.807) is 0 Å². The molecule has 318 valence electrons. The maximum atomic E-state index is 5.28. The van der Waals surface area contributed by atoms with E-state index in [-0.39, 0.29) is 10.8 Å². The van der Waals surface area contributed by atoms with E-state index in [9.17, 15) is 0 Å². The highest BCUT2D eigenvalue weighted by Crippen LogP contribution is 2.52. The van der Waals surface area contributed by atoms with E-state index in [2.05, 4.69) is 235 Å². The summed E-state index contributed by atoms with van der Waals surface area (Å²) in [6.45, 7) is 18.5. The van der Waals surface area contributed by atoms with Gasteiger partial charge in [-0.05, 0) is 111 Å². The molecule has 4 heteroatoms. The van der Waals surface area contributed by atoms with Gasteiger partial charge in [0.1, 0.15) is 0 Å². The van der Waals surface area contributed by atoms with Gasteiger partial charge in [0.2, 0.25) is 0 Å². The van der Waals surface area contributed by atoms with Gasteiger partial charge in [-0.15, -0.1) is 0 Å². The maximum absolute atomic E-state index is 5.28. The Morgan fingerprint density at radius 3 is 1.58 bits per heavy atom. The van der Waals surface area contributed by atoms with Crippen molar-refractivity contribution in [1.82, 2.24) is 14.5 Å². The first-order chi connectivity index (χ1) is 31.2. The predicted molar refractivity (Wildman–Crippen MR) is 274 cm³/mol. The zero-order valence-electron chi connectivity index (χ0n) is 38.6. The summed E-state index contributed by atoms with van der Waals surface area (Å²) in [5, 5.41) is 5.01. The third kappa shape index (κ3) is 6.82. The van der Waals surface area contributed by atoms with E-state index in [0.29, 0.717) is 5.82 Å². The van der Waals surface area contributed by atoms with Gasteiger partial charge in [0.25, 0.3) is 0 Å². The van der Waals surface area contributed by atoms with Crippen LogP contribution in [0.15, 0.2) is 182 Å². The number of nitrogens with zero attached hydrogens (tertiary/aromatic N) is 4. The molecule has 3 heterocycles. The second-order valence-corrected chi connectivity index (χ2v) is 20.4. The molecule has 0 atom stereocenters. The molecule has 1 aliphatic heterocycles. The third-order valence-corrected chi connectivity index (χ3v) is 13.7. The molecule has 0 bridgehead atoms. The predicted octanol–water partition coefficient (Wildman–Crippen LogP) is 16.4. The van der Waals surface area contributed by atoms with E-state index in [0.717, 1.165) is 45.1 Å². The molecule has 2 aromatic heterocycles. The van der Waals surface area contributed by atoms with Crippen molar-refractivity contribution in [2.75, 3.05) is 4.90 Å². The number of anilines is 3. The first-order valence-corrected chi connectivity index (χ1v) is 22.9. The van der Waals surface area contributed by atoms with Gasteiger partial charge in [0.15, 0.2) is 5.82 Å². The molecule has 10 aromatic rings. The second kappa shape index (κ2) is 14.9. The van der Waals surface area contributed by atoms with E-state index in [1.165, 1.54) is 60.5 Å². The molecule has 8 aromatic carbocycles. The molecule has 0 spiro atoms. The number of aromatic nitrogens is 3. The molecule has 0 saturated carbocycles. The molecule has 0 radical (unpaired) electrons. The summed E-state index contributed by atoms with van der Waals surface area (Å²) < 4.78 is 2.53. The van der Waals surface area contributed by atoms with Crippen molar-refractivity contribution in [2.24, 2.45) is 0 Å². The normalized spacial score (nSPS) is 13.4. The Labute approximate surface area is 382 Å². The summed E-state index contributed by atoms with van der Waals surface area (Å²) in [5.41, 5.74) is 16.7. The van der Waals surface area contributed by atoms with Crippen LogP contribution in [0.3, 0.4) is 0 Å². The van der Waals surface area contributed by atoms with Crippen LogP contribution in [0.25, 0.3) is 72.2 Å². The first-order valence-electron chi connectivity index (χ1n) is 22.9. The highest BCUT2D eigenvalue weighted by atomic mass is 15.1. The maximum Gasteiger partial charge on any atom is 0.160 e. The standard InChI is InChI=1S/C61H54N4/c1-59(2,3)43-25-29-45(30-26-43)64(46-31-27-44(28-32-46)60(4,5)6)47-36-49-56-48-22-16-15-17-39(48)23-34-55(56)65-54-33-24-42(35-50(54)61(7,8)51(37-47)57(49)65)58-62-52(40-18-11-9-12-19-40)38-53(63-58)41-20-13-10-14-21-41/h9-38H,1-8H3. The van der Waals surface area contributed by atoms with Crippen LogP contribution in [-0.4, -0.2) is 14.5 Å². The van der Waals surface area contributed by atoms with Crippen molar-refractivity contribution in [3.05, 3.63) is 204 Å². The molecular weight excluding hydrogens is 789 g/mol. The number of hydrogen-bond donors (Lipinski definition) is 0. The van der Waals surface area contributed by atoms with Crippen LogP contribution in [-0.2, 0) is 16.2 Å². The van der Waals surface area contributed by atoms with Crippen molar-refractivity contribution in [3.8, 4) is 39.6 Å². The quantitative estimate of drug-likeness (QED) is 0.167. The number of hydrogen-bond acceptors (Lipinski definition) is 3. The van der Waals surface area contributed by atoms with Crippen molar-refractivity contribution < 1.29 is 0 Å². The fourth-order valence-electron chi connectivity index (χ4n) is 10.0. The van der Waals surface area contributed by atoms with Gasteiger partial charge in [0.05, 0.1) is 28.1 Å². The van der Waals surface area contributed by atoms with Crippen LogP contribution in [0.2, 0.25) is 0 Å². The van der Waals surface area contributed by atoms with Gasteiger partial charge in [-0.3, -0.25) is 0 Å². The molecule has 0 fully saturated rings. The van der Waals surface area contributed by atoms with Crippen molar-refractivity contribution in [2.45, 2.75) is 71.6 Å². The number of benzene rings is 8. The molecule has 0 unspecified atom stereocenters. The van der Waals surface area contributed by atoms with Gasteiger partial charge in [-0.25, -0.2) is 9.97 Å². The first kappa shape index (κ1) is 40.5. The van der Waals surface area contributed by atoms with E-state index in [4.69, 9.17) is 9.97 Å². The summed E-state index contributed by atoms with van der Waals surface area (Å²) in [6.07, 6.45) is 0. The van der Waals surface area contributed by atoms with Crippen LogP contribution in [0.1, 0.15) is 77.6 Å². The average molecular weight is 843 g/mol. The fourth-order valence-corrected chi connectivity index (χ4v) is 10.0.